The van der Waals surface area contributed by atoms with Gasteiger partial charge < -0.3 is 15.4 Å². The maximum absolute atomic E-state index is 6.03. The van der Waals surface area contributed by atoms with Crippen LogP contribution < -0.4 is 15.4 Å². The second-order valence-electron chi connectivity index (χ2n) is 8.43. The number of aromatic nitrogens is 3. The van der Waals surface area contributed by atoms with Crippen molar-refractivity contribution in [2.45, 2.75) is 56.8 Å². The molecule has 6 heteroatoms. The van der Waals surface area contributed by atoms with E-state index in [1.807, 2.05) is 16.9 Å². The van der Waals surface area contributed by atoms with Crippen molar-refractivity contribution >= 4 is 5.82 Å². The van der Waals surface area contributed by atoms with Crippen LogP contribution in [-0.2, 0) is 6.61 Å². The predicted octanol–water partition coefficient (Wildman–Crippen LogP) is 3.91. The molecule has 3 aromatic rings. The second-order valence-corrected chi connectivity index (χ2v) is 8.43. The summed E-state index contributed by atoms with van der Waals surface area (Å²) in [4.78, 5) is 4.80. The van der Waals surface area contributed by atoms with Crippen molar-refractivity contribution in [3.05, 3.63) is 54.4 Å². The van der Waals surface area contributed by atoms with Gasteiger partial charge in [0.15, 0.2) is 0 Å². The Hall–Kier alpha value is -2.86. The summed E-state index contributed by atoms with van der Waals surface area (Å²) in [5.74, 6) is 1.65. The summed E-state index contributed by atoms with van der Waals surface area (Å²) in [7, 11) is 0. The number of fused-ring (bicyclic) bond motifs is 5. The van der Waals surface area contributed by atoms with Crippen molar-refractivity contribution in [1.29, 1.82) is 0 Å². The van der Waals surface area contributed by atoms with Gasteiger partial charge in [-0.3, -0.25) is 0 Å². The predicted molar refractivity (Wildman–Crippen MR) is 112 cm³/mol. The van der Waals surface area contributed by atoms with Gasteiger partial charge in [0.2, 0.25) is 5.88 Å². The summed E-state index contributed by atoms with van der Waals surface area (Å²) in [5, 5.41) is 11.7. The van der Waals surface area contributed by atoms with Gasteiger partial charge in [-0.05, 0) is 67.1 Å². The number of ether oxygens (including phenoxy) is 1. The van der Waals surface area contributed by atoms with Crippen molar-refractivity contribution < 1.29 is 4.74 Å². The highest BCUT2D eigenvalue weighted by atomic mass is 16.5. The molecule has 2 aromatic heterocycles. The first-order chi connectivity index (χ1) is 14.3. The van der Waals surface area contributed by atoms with E-state index in [9.17, 15) is 0 Å². The van der Waals surface area contributed by atoms with Gasteiger partial charge in [-0.25, -0.2) is 4.68 Å². The molecule has 0 spiro atoms. The molecule has 3 atom stereocenters. The fourth-order valence-electron chi connectivity index (χ4n) is 5.10. The maximum Gasteiger partial charge on any atom is 0.223 e. The third kappa shape index (κ3) is 3.17. The molecule has 0 amide bonds. The zero-order valence-electron chi connectivity index (χ0n) is 16.3. The molecular formula is C23H25N5O. The number of nitrogens with one attached hydrogen (secondary N) is 2. The minimum atomic E-state index is 0.490. The fraction of sp³-hybridized carbons (Fsp3) is 0.391. The largest absolute Gasteiger partial charge is 0.472 e. The van der Waals surface area contributed by atoms with E-state index >= 15 is 0 Å². The lowest BCUT2D eigenvalue weighted by Gasteiger charge is -2.40. The van der Waals surface area contributed by atoms with Crippen molar-refractivity contribution in [2.24, 2.45) is 0 Å². The Morgan fingerprint density at radius 1 is 1.07 bits per heavy atom. The van der Waals surface area contributed by atoms with Crippen LogP contribution in [0.25, 0.3) is 16.8 Å². The van der Waals surface area contributed by atoms with Crippen molar-refractivity contribution in [2.75, 3.05) is 5.32 Å². The lowest BCUT2D eigenvalue weighted by atomic mass is 9.84. The molecule has 29 heavy (non-hydrogen) atoms. The summed E-state index contributed by atoms with van der Waals surface area (Å²) in [6.45, 7) is 0.533. The van der Waals surface area contributed by atoms with E-state index in [1.54, 1.807) is 6.20 Å². The smallest absolute Gasteiger partial charge is 0.223 e. The van der Waals surface area contributed by atoms with Gasteiger partial charge in [-0.1, -0.05) is 12.5 Å². The Bertz CT molecular complexity index is 1020. The van der Waals surface area contributed by atoms with E-state index in [4.69, 9.17) is 9.72 Å². The number of benzene rings is 1. The van der Waals surface area contributed by atoms with Crippen LogP contribution in [0.1, 0.15) is 37.7 Å². The highest BCUT2D eigenvalue weighted by Crippen LogP contribution is 2.38. The topological polar surface area (TPSA) is 64.0 Å². The first kappa shape index (κ1) is 17.0. The van der Waals surface area contributed by atoms with Gasteiger partial charge in [0.05, 0.1) is 5.69 Å². The highest BCUT2D eigenvalue weighted by molar-refractivity contribution is 5.75. The molecule has 6 nitrogen and oxygen atoms in total. The Morgan fingerprint density at radius 2 is 1.93 bits per heavy atom. The summed E-state index contributed by atoms with van der Waals surface area (Å²) in [5.41, 5.74) is 4.46. The van der Waals surface area contributed by atoms with Gasteiger partial charge in [-0.15, -0.1) is 0 Å². The number of hydrogen-bond donors (Lipinski definition) is 2. The minimum Gasteiger partial charge on any atom is -0.472 e. The molecule has 2 N–H and O–H groups in total. The normalized spacial score (nSPS) is 24.9. The lowest BCUT2D eigenvalue weighted by molar-refractivity contribution is 0.230. The van der Waals surface area contributed by atoms with Gasteiger partial charge in [0.25, 0.3) is 0 Å². The van der Waals surface area contributed by atoms with Crippen LogP contribution in [0.3, 0.4) is 0 Å². The summed E-state index contributed by atoms with van der Waals surface area (Å²) in [6, 6.07) is 14.4. The SMILES string of the molecule is c1cnn(-c2ccc3c(c2)COc2nc(NC4C[C@H]5CCC[C@@H](C4)N5)ccc2-3)c1. The molecule has 0 radical (unpaired) electrons. The number of nitrogens with zero attached hydrogens (tertiary/aromatic N) is 3. The van der Waals surface area contributed by atoms with Gasteiger partial charge in [0, 0.05) is 36.1 Å². The fourth-order valence-corrected chi connectivity index (χ4v) is 5.10. The standard InChI is InChI=1S/C23H25N5O/c1-3-16-12-18(13-17(4-1)25-16)26-22-8-7-21-20-6-5-19(28-10-2-9-24-28)11-15(20)14-29-23(21)27-22/h2,5-11,16-18,25H,1,3-4,12-14H2,(H,26,27)/t16-,17+,18?. The summed E-state index contributed by atoms with van der Waals surface area (Å²) in [6.07, 6.45) is 10.1. The third-order valence-electron chi connectivity index (χ3n) is 6.44. The molecule has 3 aliphatic heterocycles. The first-order valence-electron chi connectivity index (χ1n) is 10.6. The third-order valence-corrected chi connectivity index (χ3v) is 6.44. The Balaban J connectivity index is 1.24. The van der Waals surface area contributed by atoms with Crippen molar-refractivity contribution in [3.63, 3.8) is 0 Å². The molecule has 1 aromatic carbocycles. The zero-order chi connectivity index (χ0) is 19.2. The Labute approximate surface area is 170 Å². The van der Waals surface area contributed by atoms with E-state index in [-0.39, 0.29) is 0 Å². The molecule has 0 aliphatic carbocycles. The molecule has 0 saturated carbocycles. The molecule has 2 saturated heterocycles. The Morgan fingerprint density at radius 3 is 2.76 bits per heavy atom. The number of hydrogen-bond acceptors (Lipinski definition) is 5. The summed E-state index contributed by atoms with van der Waals surface area (Å²) < 4.78 is 7.90. The van der Waals surface area contributed by atoms with Crippen LogP contribution in [0, 0.1) is 0 Å². The van der Waals surface area contributed by atoms with E-state index in [0.29, 0.717) is 24.7 Å². The minimum absolute atomic E-state index is 0.490. The van der Waals surface area contributed by atoms with Crippen LogP contribution in [0.5, 0.6) is 5.88 Å². The first-order valence-corrected chi connectivity index (χ1v) is 10.6. The molecule has 1 unspecified atom stereocenters. The van der Waals surface area contributed by atoms with Gasteiger partial charge in [-0.2, -0.15) is 10.1 Å². The average molecular weight is 387 g/mol. The molecule has 6 rings (SSSR count). The van der Waals surface area contributed by atoms with Crippen LogP contribution in [0.15, 0.2) is 48.8 Å². The maximum atomic E-state index is 6.03. The second kappa shape index (κ2) is 6.88. The molecule has 2 bridgehead atoms. The molecular weight excluding hydrogens is 362 g/mol. The molecule has 5 heterocycles. The molecule has 2 fully saturated rings. The van der Waals surface area contributed by atoms with Gasteiger partial charge in [0.1, 0.15) is 12.4 Å². The molecule has 3 aliphatic rings. The van der Waals surface area contributed by atoms with Crippen molar-refractivity contribution in [1.82, 2.24) is 20.1 Å². The monoisotopic (exact) mass is 387 g/mol. The number of rotatable bonds is 3. The molecule has 148 valence electrons. The average Bonchev–Trinajstić information content (AvgIpc) is 3.28. The van der Waals surface area contributed by atoms with E-state index in [0.717, 1.165) is 22.9 Å². The zero-order valence-corrected chi connectivity index (χ0v) is 16.3. The quantitative estimate of drug-likeness (QED) is 0.713. The number of piperidine rings is 2. The lowest BCUT2D eigenvalue weighted by Crippen LogP contribution is -2.52. The number of anilines is 1. The van der Waals surface area contributed by atoms with Crippen LogP contribution in [0.2, 0.25) is 0 Å². The highest BCUT2D eigenvalue weighted by Gasteiger charge is 2.31. The Kier molecular flexibility index (Phi) is 4.04. The summed E-state index contributed by atoms with van der Waals surface area (Å²) >= 11 is 0. The van der Waals surface area contributed by atoms with Crippen LogP contribution in [-0.4, -0.2) is 32.9 Å². The van der Waals surface area contributed by atoms with Gasteiger partial charge >= 0.3 is 0 Å². The van der Waals surface area contributed by atoms with E-state index < -0.39 is 0 Å². The van der Waals surface area contributed by atoms with E-state index in [1.165, 1.54) is 43.2 Å². The van der Waals surface area contributed by atoms with Crippen LogP contribution >= 0.6 is 0 Å². The number of pyridine rings is 1. The van der Waals surface area contributed by atoms with Crippen molar-refractivity contribution in [3.8, 4) is 22.7 Å². The van der Waals surface area contributed by atoms with Crippen LogP contribution in [0.4, 0.5) is 5.82 Å². The van der Waals surface area contributed by atoms with E-state index in [2.05, 4.69) is 46.1 Å².